The molecule has 0 bridgehead atoms. The van der Waals surface area contributed by atoms with Gasteiger partial charge in [0.25, 0.3) is 0 Å². The van der Waals surface area contributed by atoms with E-state index in [9.17, 15) is 8.42 Å². The maximum atomic E-state index is 12.5. The molecule has 0 aliphatic heterocycles. The second-order valence-electron chi connectivity index (χ2n) is 5.63. The van der Waals surface area contributed by atoms with Crippen molar-refractivity contribution in [3.63, 3.8) is 0 Å². The van der Waals surface area contributed by atoms with Gasteiger partial charge in [0, 0.05) is 30.3 Å². The van der Waals surface area contributed by atoms with Crippen molar-refractivity contribution in [1.82, 2.24) is 9.71 Å². The number of halogens is 1. The highest BCUT2D eigenvalue weighted by molar-refractivity contribution is 9.10. The number of hydrogen-bond donors (Lipinski definition) is 1. The molecule has 0 amide bonds. The quantitative estimate of drug-likeness (QED) is 0.909. The molecule has 0 aliphatic rings. The monoisotopic (exact) mass is 349 g/mol. The fourth-order valence-corrected chi connectivity index (χ4v) is 3.97. The number of sulfonamides is 1. The first-order valence-corrected chi connectivity index (χ1v) is 8.10. The maximum Gasteiger partial charge on any atom is 0.245 e. The SMILES string of the molecule is Cc1c(Br)cnc(N(C)C)c1S(=O)(=O)NC(C)(C)C. The molecule has 1 N–H and O–H groups in total. The van der Waals surface area contributed by atoms with Crippen LogP contribution in [0.25, 0.3) is 0 Å². The van der Waals surface area contributed by atoms with E-state index in [1.165, 1.54) is 0 Å². The minimum Gasteiger partial charge on any atom is -0.362 e. The number of rotatable bonds is 3. The number of pyridine rings is 1. The van der Waals surface area contributed by atoms with E-state index in [4.69, 9.17) is 0 Å². The zero-order valence-corrected chi connectivity index (χ0v) is 14.5. The Morgan fingerprint density at radius 3 is 2.26 bits per heavy atom. The number of nitrogens with zero attached hydrogens (tertiary/aromatic N) is 2. The number of hydrogen-bond acceptors (Lipinski definition) is 4. The molecule has 0 radical (unpaired) electrons. The van der Waals surface area contributed by atoms with Crippen molar-refractivity contribution in [2.75, 3.05) is 19.0 Å². The zero-order valence-electron chi connectivity index (χ0n) is 12.1. The van der Waals surface area contributed by atoms with Gasteiger partial charge in [-0.2, -0.15) is 0 Å². The van der Waals surface area contributed by atoms with Gasteiger partial charge in [-0.05, 0) is 49.2 Å². The smallest absolute Gasteiger partial charge is 0.245 e. The number of aromatic nitrogens is 1. The predicted octanol–water partition coefficient (Wildman–Crippen LogP) is 2.30. The molecule has 1 rings (SSSR count). The Balaban J connectivity index is 3.53. The topological polar surface area (TPSA) is 62.3 Å². The molecule has 5 nitrogen and oxygen atoms in total. The summed E-state index contributed by atoms with van der Waals surface area (Å²) in [7, 11) is -0.0917. The molecule has 0 aromatic carbocycles. The minimum atomic E-state index is -3.63. The molecular weight excluding hydrogens is 330 g/mol. The third kappa shape index (κ3) is 3.90. The summed E-state index contributed by atoms with van der Waals surface area (Å²) in [6.07, 6.45) is 1.61. The lowest BCUT2D eigenvalue weighted by Crippen LogP contribution is -2.41. The molecule has 19 heavy (non-hydrogen) atoms. The lowest BCUT2D eigenvalue weighted by Gasteiger charge is -2.24. The van der Waals surface area contributed by atoms with Crippen molar-refractivity contribution < 1.29 is 8.42 Å². The summed E-state index contributed by atoms with van der Waals surface area (Å²) >= 11 is 3.33. The van der Waals surface area contributed by atoms with E-state index < -0.39 is 15.6 Å². The van der Waals surface area contributed by atoms with Crippen molar-refractivity contribution >= 4 is 31.8 Å². The molecule has 1 aromatic rings. The van der Waals surface area contributed by atoms with E-state index in [1.807, 2.05) is 0 Å². The highest BCUT2D eigenvalue weighted by Crippen LogP contribution is 2.30. The van der Waals surface area contributed by atoms with Gasteiger partial charge in [0.05, 0.1) is 0 Å². The van der Waals surface area contributed by atoms with E-state index >= 15 is 0 Å². The molecule has 108 valence electrons. The predicted molar refractivity (Wildman–Crippen MR) is 81.1 cm³/mol. The van der Waals surface area contributed by atoms with Crippen LogP contribution >= 0.6 is 15.9 Å². The third-order valence-corrected chi connectivity index (χ3v) is 5.04. The molecule has 0 spiro atoms. The van der Waals surface area contributed by atoms with Gasteiger partial charge < -0.3 is 4.90 Å². The fraction of sp³-hybridized carbons (Fsp3) is 0.583. The molecule has 1 heterocycles. The van der Waals surface area contributed by atoms with E-state index in [0.717, 1.165) is 0 Å². The first kappa shape index (κ1) is 16.4. The van der Waals surface area contributed by atoms with Crippen LogP contribution < -0.4 is 9.62 Å². The average Bonchev–Trinajstić information content (AvgIpc) is 2.17. The standard InChI is InChI=1S/C12H20BrN3O2S/c1-8-9(13)7-14-11(16(5)6)10(8)19(17,18)15-12(2,3)4/h7,15H,1-6H3. The molecule has 0 saturated carbocycles. The van der Waals surface area contributed by atoms with Crippen LogP contribution in [0.5, 0.6) is 0 Å². The normalized spacial score (nSPS) is 12.6. The summed E-state index contributed by atoms with van der Waals surface area (Å²) < 4.78 is 28.4. The molecule has 0 fully saturated rings. The third-order valence-electron chi connectivity index (χ3n) is 2.33. The van der Waals surface area contributed by atoms with E-state index in [1.54, 1.807) is 52.9 Å². The molecule has 0 saturated heterocycles. The van der Waals surface area contributed by atoms with Crippen LogP contribution in [0.15, 0.2) is 15.6 Å². The maximum absolute atomic E-state index is 12.5. The summed E-state index contributed by atoms with van der Waals surface area (Å²) in [6.45, 7) is 7.18. The van der Waals surface area contributed by atoms with E-state index in [0.29, 0.717) is 15.9 Å². The largest absolute Gasteiger partial charge is 0.362 e. The van der Waals surface area contributed by atoms with Crippen LogP contribution in [-0.2, 0) is 10.0 Å². The summed E-state index contributed by atoms with van der Waals surface area (Å²) in [5.74, 6) is 0.428. The summed E-state index contributed by atoms with van der Waals surface area (Å²) in [5.41, 5.74) is 0.104. The Morgan fingerprint density at radius 2 is 1.84 bits per heavy atom. The van der Waals surface area contributed by atoms with Crippen molar-refractivity contribution in [3.05, 3.63) is 16.2 Å². The van der Waals surface area contributed by atoms with Crippen molar-refractivity contribution in [3.8, 4) is 0 Å². The summed E-state index contributed by atoms with van der Waals surface area (Å²) in [6, 6.07) is 0. The Kier molecular flexibility index (Phi) is 4.64. The van der Waals surface area contributed by atoms with Gasteiger partial charge in [-0.15, -0.1) is 0 Å². The molecule has 0 unspecified atom stereocenters. The van der Waals surface area contributed by atoms with Crippen LogP contribution in [0.3, 0.4) is 0 Å². The number of nitrogens with one attached hydrogen (secondary N) is 1. The second kappa shape index (κ2) is 5.38. The molecular formula is C12H20BrN3O2S. The second-order valence-corrected chi connectivity index (χ2v) is 8.11. The lowest BCUT2D eigenvalue weighted by molar-refractivity contribution is 0.491. The van der Waals surface area contributed by atoms with Crippen molar-refractivity contribution in [2.24, 2.45) is 0 Å². The van der Waals surface area contributed by atoms with E-state index in [-0.39, 0.29) is 4.90 Å². The van der Waals surface area contributed by atoms with Gasteiger partial charge >= 0.3 is 0 Å². The van der Waals surface area contributed by atoms with Crippen LogP contribution in [0, 0.1) is 6.92 Å². The first-order chi connectivity index (χ1) is 8.46. The van der Waals surface area contributed by atoms with Gasteiger partial charge in [-0.1, -0.05) is 0 Å². The van der Waals surface area contributed by atoms with Gasteiger partial charge in [-0.25, -0.2) is 18.1 Å². The Morgan fingerprint density at radius 1 is 1.32 bits per heavy atom. The highest BCUT2D eigenvalue weighted by Gasteiger charge is 2.28. The Labute approximate surface area is 123 Å². The van der Waals surface area contributed by atoms with Crippen molar-refractivity contribution in [2.45, 2.75) is 38.1 Å². The van der Waals surface area contributed by atoms with Crippen LogP contribution in [0.2, 0.25) is 0 Å². The average molecular weight is 350 g/mol. The highest BCUT2D eigenvalue weighted by atomic mass is 79.9. The molecule has 7 heteroatoms. The van der Waals surface area contributed by atoms with Gasteiger partial charge in [0.15, 0.2) is 0 Å². The fourth-order valence-electron chi connectivity index (χ4n) is 1.64. The Bertz CT molecular complexity index is 577. The number of anilines is 1. The van der Waals surface area contributed by atoms with Crippen LogP contribution in [-0.4, -0.2) is 33.0 Å². The molecule has 0 atom stereocenters. The summed E-state index contributed by atoms with van der Waals surface area (Å²) in [5, 5.41) is 0. The Hall–Kier alpha value is -0.660. The van der Waals surface area contributed by atoms with Gasteiger partial charge in [-0.3, -0.25) is 0 Å². The zero-order chi connectivity index (χ0) is 15.0. The molecule has 1 aromatic heterocycles. The van der Waals surface area contributed by atoms with Gasteiger partial charge in [0.2, 0.25) is 10.0 Å². The molecule has 0 aliphatic carbocycles. The van der Waals surface area contributed by atoms with Crippen LogP contribution in [0.1, 0.15) is 26.3 Å². The van der Waals surface area contributed by atoms with Crippen LogP contribution in [0.4, 0.5) is 5.82 Å². The van der Waals surface area contributed by atoms with E-state index in [2.05, 4.69) is 25.6 Å². The first-order valence-electron chi connectivity index (χ1n) is 5.82. The van der Waals surface area contributed by atoms with Gasteiger partial charge in [0.1, 0.15) is 10.7 Å². The summed E-state index contributed by atoms with van der Waals surface area (Å²) in [4.78, 5) is 6.10. The lowest BCUT2D eigenvalue weighted by atomic mass is 10.1. The minimum absolute atomic E-state index is 0.210. The van der Waals surface area contributed by atoms with Crippen molar-refractivity contribution in [1.29, 1.82) is 0 Å².